The van der Waals surface area contributed by atoms with Crippen LogP contribution in [0.1, 0.15) is 12.0 Å². The van der Waals surface area contributed by atoms with Gasteiger partial charge >= 0.3 is 0 Å². The van der Waals surface area contributed by atoms with Gasteiger partial charge < -0.3 is 0 Å². The number of alkyl halides is 1. The number of hydrogen-bond donors (Lipinski definition) is 0. The highest BCUT2D eigenvalue weighted by Gasteiger charge is 2.05. The lowest BCUT2D eigenvalue weighted by Crippen LogP contribution is -1.96. The van der Waals surface area contributed by atoms with E-state index in [1.165, 1.54) is 6.26 Å². The van der Waals surface area contributed by atoms with Gasteiger partial charge in [0.2, 0.25) is 0 Å². The zero-order valence-electron chi connectivity index (χ0n) is 8.33. The summed E-state index contributed by atoms with van der Waals surface area (Å²) < 4.78 is 22.5. The minimum atomic E-state index is -3.15. The second-order valence-electron chi connectivity index (χ2n) is 3.04. The highest BCUT2D eigenvalue weighted by Crippen LogP contribution is 2.10. The molecule has 15 heavy (non-hydrogen) atoms. The Bertz CT molecular complexity index is 495. The van der Waals surface area contributed by atoms with Gasteiger partial charge in [-0.15, -0.1) is 11.6 Å². The maximum absolute atomic E-state index is 11.2. The van der Waals surface area contributed by atoms with Crippen molar-refractivity contribution in [1.29, 1.82) is 0 Å². The first-order valence-electron chi connectivity index (χ1n) is 4.39. The number of benzene rings is 1. The van der Waals surface area contributed by atoms with Crippen LogP contribution in [-0.4, -0.2) is 20.6 Å². The van der Waals surface area contributed by atoms with Crippen molar-refractivity contribution in [2.24, 2.45) is 0 Å². The number of sulfone groups is 1. The van der Waals surface area contributed by atoms with E-state index in [4.69, 9.17) is 11.6 Å². The molecule has 0 bridgehead atoms. The van der Waals surface area contributed by atoms with Crippen LogP contribution in [0, 0.1) is 11.8 Å². The van der Waals surface area contributed by atoms with E-state index in [-0.39, 0.29) is 0 Å². The van der Waals surface area contributed by atoms with E-state index >= 15 is 0 Å². The van der Waals surface area contributed by atoms with E-state index in [0.717, 1.165) is 0 Å². The van der Waals surface area contributed by atoms with Crippen molar-refractivity contribution in [2.45, 2.75) is 11.3 Å². The van der Waals surface area contributed by atoms with Crippen molar-refractivity contribution in [3.63, 3.8) is 0 Å². The molecule has 0 N–H and O–H groups in total. The highest BCUT2D eigenvalue weighted by molar-refractivity contribution is 7.90. The van der Waals surface area contributed by atoms with Crippen molar-refractivity contribution in [3.05, 3.63) is 29.8 Å². The fourth-order valence-corrected chi connectivity index (χ4v) is 1.78. The molecule has 0 aliphatic rings. The Morgan fingerprint density at radius 2 is 2.13 bits per heavy atom. The normalized spacial score (nSPS) is 10.5. The molecule has 0 aromatic heterocycles. The lowest BCUT2D eigenvalue weighted by Gasteiger charge is -1.97. The maximum Gasteiger partial charge on any atom is 0.175 e. The molecular formula is C11H11ClO2S. The Hall–Kier alpha value is -0.980. The summed E-state index contributed by atoms with van der Waals surface area (Å²) in [5.41, 5.74) is 0.697. The zero-order valence-corrected chi connectivity index (χ0v) is 9.90. The van der Waals surface area contributed by atoms with Crippen molar-refractivity contribution in [2.75, 3.05) is 12.1 Å². The number of rotatable bonds is 2. The van der Waals surface area contributed by atoms with Gasteiger partial charge in [-0.2, -0.15) is 0 Å². The average Bonchev–Trinajstić information content (AvgIpc) is 2.17. The summed E-state index contributed by atoms with van der Waals surface area (Å²) in [6.45, 7) is 0. The predicted octanol–water partition coefficient (Wildman–Crippen LogP) is 2.07. The van der Waals surface area contributed by atoms with Crippen LogP contribution in [0.3, 0.4) is 0 Å². The quantitative estimate of drug-likeness (QED) is 0.588. The van der Waals surface area contributed by atoms with Gasteiger partial charge in [0.1, 0.15) is 0 Å². The Morgan fingerprint density at radius 3 is 2.73 bits per heavy atom. The SMILES string of the molecule is CS(=O)(=O)c1cccc(C#CCCCl)c1. The van der Waals surface area contributed by atoms with Gasteiger partial charge in [-0.05, 0) is 18.2 Å². The molecule has 0 saturated carbocycles. The summed E-state index contributed by atoms with van der Waals surface area (Å²) in [5.74, 6) is 6.20. The molecule has 2 nitrogen and oxygen atoms in total. The Morgan fingerprint density at radius 1 is 1.40 bits per heavy atom. The summed E-state index contributed by atoms with van der Waals surface area (Å²) in [6.07, 6.45) is 1.78. The summed E-state index contributed by atoms with van der Waals surface area (Å²) in [4.78, 5) is 0.292. The first-order chi connectivity index (χ1) is 7.04. The van der Waals surface area contributed by atoms with Gasteiger partial charge in [-0.1, -0.05) is 17.9 Å². The van der Waals surface area contributed by atoms with Crippen LogP contribution < -0.4 is 0 Å². The van der Waals surface area contributed by atoms with E-state index in [1.54, 1.807) is 24.3 Å². The van der Waals surface area contributed by atoms with Crippen molar-refractivity contribution < 1.29 is 8.42 Å². The van der Waals surface area contributed by atoms with Crippen LogP contribution >= 0.6 is 11.6 Å². The van der Waals surface area contributed by atoms with Gasteiger partial charge in [0.05, 0.1) is 4.90 Å². The molecule has 80 valence electrons. The molecule has 1 aromatic rings. The Labute approximate surface area is 95.2 Å². The fourth-order valence-electron chi connectivity index (χ4n) is 1.02. The first kappa shape index (κ1) is 12.1. The third kappa shape index (κ3) is 3.94. The summed E-state index contributed by atoms with van der Waals surface area (Å²) in [7, 11) is -3.15. The van der Waals surface area contributed by atoms with Crippen LogP contribution in [0.15, 0.2) is 29.2 Å². The lowest BCUT2D eigenvalue weighted by molar-refractivity contribution is 0.602. The van der Waals surface area contributed by atoms with E-state index in [1.807, 2.05) is 0 Å². The van der Waals surface area contributed by atoms with E-state index < -0.39 is 9.84 Å². The number of halogens is 1. The topological polar surface area (TPSA) is 34.1 Å². The second-order valence-corrected chi connectivity index (χ2v) is 5.43. The Kier molecular flexibility index (Phi) is 4.19. The molecule has 0 radical (unpaired) electrons. The zero-order chi connectivity index (χ0) is 11.3. The molecule has 1 aromatic carbocycles. The molecule has 0 amide bonds. The standard InChI is InChI=1S/C11H11ClO2S/c1-15(13,14)11-7-4-6-10(9-11)5-2-3-8-12/h4,6-7,9H,3,8H2,1H3. The van der Waals surface area contributed by atoms with Crippen LogP contribution in [0.25, 0.3) is 0 Å². The molecule has 0 aliphatic carbocycles. The van der Waals surface area contributed by atoms with Gasteiger partial charge in [-0.25, -0.2) is 8.42 Å². The van der Waals surface area contributed by atoms with E-state index in [0.29, 0.717) is 22.8 Å². The fraction of sp³-hybridized carbons (Fsp3) is 0.273. The van der Waals surface area contributed by atoms with Crippen LogP contribution in [0.5, 0.6) is 0 Å². The van der Waals surface area contributed by atoms with Crippen molar-refractivity contribution in [1.82, 2.24) is 0 Å². The minimum absolute atomic E-state index is 0.292. The molecule has 0 saturated heterocycles. The van der Waals surface area contributed by atoms with Crippen LogP contribution in [0.4, 0.5) is 0 Å². The van der Waals surface area contributed by atoms with Crippen molar-refractivity contribution >= 4 is 21.4 Å². The average molecular weight is 243 g/mol. The van der Waals surface area contributed by atoms with Gasteiger partial charge in [0.15, 0.2) is 9.84 Å². The van der Waals surface area contributed by atoms with E-state index in [2.05, 4.69) is 11.8 Å². The Balaban J connectivity index is 3.00. The van der Waals surface area contributed by atoms with Crippen LogP contribution in [-0.2, 0) is 9.84 Å². The first-order valence-corrected chi connectivity index (χ1v) is 6.81. The van der Waals surface area contributed by atoms with E-state index in [9.17, 15) is 8.42 Å². The minimum Gasteiger partial charge on any atom is -0.224 e. The summed E-state index contributed by atoms with van der Waals surface area (Å²) in [5, 5.41) is 0. The molecule has 0 spiro atoms. The molecular weight excluding hydrogens is 232 g/mol. The predicted molar refractivity (Wildman–Crippen MR) is 61.8 cm³/mol. The molecule has 1 rings (SSSR count). The van der Waals surface area contributed by atoms with Crippen molar-refractivity contribution in [3.8, 4) is 11.8 Å². The summed E-state index contributed by atoms with van der Waals surface area (Å²) in [6, 6.07) is 6.58. The maximum atomic E-state index is 11.2. The van der Waals surface area contributed by atoms with Crippen LogP contribution in [0.2, 0.25) is 0 Å². The van der Waals surface area contributed by atoms with Gasteiger partial charge in [0, 0.05) is 24.1 Å². The molecule has 0 aliphatic heterocycles. The second kappa shape index (κ2) is 5.20. The molecule has 0 heterocycles. The third-order valence-corrected chi connectivity index (χ3v) is 3.01. The van der Waals surface area contributed by atoms with Gasteiger partial charge in [-0.3, -0.25) is 0 Å². The smallest absolute Gasteiger partial charge is 0.175 e. The molecule has 0 fully saturated rings. The monoisotopic (exact) mass is 242 g/mol. The van der Waals surface area contributed by atoms with Gasteiger partial charge in [0.25, 0.3) is 0 Å². The number of hydrogen-bond acceptors (Lipinski definition) is 2. The molecule has 0 atom stereocenters. The highest BCUT2D eigenvalue weighted by atomic mass is 35.5. The lowest BCUT2D eigenvalue weighted by atomic mass is 10.2. The summed E-state index contributed by atoms with van der Waals surface area (Å²) >= 11 is 5.47. The molecule has 4 heteroatoms. The third-order valence-electron chi connectivity index (χ3n) is 1.71. The molecule has 0 unspecified atom stereocenters. The largest absolute Gasteiger partial charge is 0.224 e.